The summed E-state index contributed by atoms with van der Waals surface area (Å²) in [5, 5.41) is 20.2. The predicted molar refractivity (Wildman–Crippen MR) is 63.1 cm³/mol. The van der Waals surface area contributed by atoms with Crippen molar-refractivity contribution in [2.24, 2.45) is 0 Å². The molecule has 0 spiro atoms. The summed E-state index contributed by atoms with van der Waals surface area (Å²) in [4.78, 5) is 12.4. The predicted octanol–water partition coefficient (Wildman–Crippen LogP) is 0.117. The minimum Gasteiger partial charge on any atom is -0.465 e. The number of nitrogens with zero attached hydrogens (tertiary/aromatic N) is 1. The standard InChI is InChI=1S/C11H22N2O4/c14-10(8-13-5-2-1-3-6-13)9-17-7-4-12-11(15)16/h10,12,14H,1-9H2,(H,15,16). The monoisotopic (exact) mass is 246 g/mol. The third-order valence-electron chi connectivity index (χ3n) is 2.75. The lowest BCUT2D eigenvalue weighted by molar-refractivity contribution is 0.0148. The van der Waals surface area contributed by atoms with Crippen LogP contribution in [-0.2, 0) is 4.74 Å². The van der Waals surface area contributed by atoms with Crippen molar-refractivity contribution in [1.82, 2.24) is 10.2 Å². The summed E-state index contributed by atoms with van der Waals surface area (Å²) in [6.07, 6.45) is 2.15. The van der Waals surface area contributed by atoms with Gasteiger partial charge in [0.05, 0.1) is 19.3 Å². The summed E-state index contributed by atoms with van der Waals surface area (Å²) in [7, 11) is 0. The van der Waals surface area contributed by atoms with Gasteiger partial charge in [-0.05, 0) is 25.9 Å². The first-order valence-electron chi connectivity index (χ1n) is 6.13. The van der Waals surface area contributed by atoms with E-state index >= 15 is 0 Å². The number of amides is 1. The smallest absolute Gasteiger partial charge is 0.404 e. The largest absolute Gasteiger partial charge is 0.465 e. The summed E-state index contributed by atoms with van der Waals surface area (Å²) in [5.74, 6) is 0. The van der Waals surface area contributed by atoms with Crippen molar-refractivity contribution in [3.8, 4) is 0 Å². The molecule has 0 aliphatic carbocycles. The van der Waals surface area contributed by atoms with Crippen molar-refractivity contribution in [2.75, 3.05) is 39.4 Å². The molecule has 0 radical (unpaired) electrons. The molecule has 1 atom stereocenters. The molecule has 0 aromatic carbocycles. The molecule has 1 unspecified atom stereocenters. The van der Waals surface area contributed by atoms with Gasteiger partial charge in [0.1, 0.15) is 0 Å². The van der Waals surface area contributed by atoms with E-state index in [0.717, 1.165) is 13.1 Å². The number of piperidine rings is 1. The van der Waals surface area contributed by atoms with E-state index in [9.17, 15) is 9.90 Å². The van der Waals surface area contributed by atoms with E-state index in [2.05, 4.69) is 10.2 Å². The molecule has 1 rings (SSSR count). The van der Waals surface area contributed by atoms with Crippen molar-refractivity contribution >= 4 is 6.09 Å². The Bertz CT molecular complexity index is 220. The Morgan fingerprint density at radius 1 is 1.35 bits per heavy atom. The topological polar surface area (TPSA) is 82.0 Å². The number of aliphatic hydroxyl groups is 1. The summed E-state index contributed by atoms with van der Waals surface area (Å²) < 4.78 is 5.18. The maximum absolute atomic E-state index is 10.1. The van der Waals surface area contributed by atoms with Crippen molar-refractivity contribution in [3.63, 3.8) is 0 Å². The molecule has 3 N–H and O–H groups in total. The lowest BCUT2D eigenvalue weighted by Gasteiger charge is -2.28. The lowest BCUT2D eigenvalue weighted by atomic mass is 10.1. The van der Waals surface area contributed by atoms with Crippen LogP contribution in [0.5, 0.6) is 0 Å². The Morgan fingerprint density at radius 3 is 2.71 bits per heavy atom. The van der Waals surface area contributed by atoms with Crippen LogP contribution in [0, 0.1) is 0 Å². The Kier molecular flexibility index (Phi) is 6.91. The van der Waals surface area contributed by atoms with Gasteiger partial charge in [-0.25, -0.2) is 4.79 Å². The van der Waals surface area contributed by atoms with E-state index in [1.807, 2.05) is 0 Å². The first-order valence-corrected chi connectivity index (χ1v) is 6.13. The summed E-state index contributed by atoms with van der Waals surface area (Å²) in [6.45, 7) is 3.56. The van der Waals surface area contributed by atoms with Crippen LogP contribution < -0.4 is 5.32 Å². The highest BCUT2D eigenvalue weighted by atomic mass is 16.5. The number of hydrogen-bond acceptors (Lipinski definition) is 4. The zero-order chi connectivity index (χ0) is 12.5. The van der Waals surface area contributed by atoms with Gasteiger partial charge in [-0.2, -0.15) is 0 Å². The van der Waals surface area contributed by atoms with Crippen LogP contribution in [-0.4, -0.2) is 66.7 Å². The summed E-state index contributed by atoms with van der Waals surface area (Å²) in [5.41, 5.74) is 0. The second-order valence-corrected chi connectivity index (χ2v) is 4.32. The maximum Gasteiger partial charge on any atom is 0.404 e. The average molecular weight is 246 g/mol. The average Bonchev–Trinajstić information content (AvgIpc) is 2.29. The second kappa shape index (κ2) is 8.27. The first kappa shape index (κ1) is 14.2. The van der Waals surface area contributed by atoms with Crippen LogP contribution in [0.3, 0.4) is 0 Å². The van der Waals surface area contributed by atoms with E-state index in [1.54, 1.807) is 0 Å². The number of β-amino-alcohol motifs (C(OH)–C–C–N with tert-alkyl or cyclic N) is 1. The van der Waals surface area contributed by atoms with Crippen LogP contribution in [0.2, 0.25) is 0 Å². The Balaban J connectivity index is 1.96. The van der Waals surface area contributed by atoms with Gasteiger partial charge in [0.25, 0.3) is 0 Å². The van der Waals surface area contributed by atoms with Gasteiger partial charge in [-0.1, -0.05) is 6.42 Å². The number of nitrogens with one attached hydrogen (secondary N) is 1. The molecule has 0 saturated carbocycles. The molecule has 0 aromatic heterocycles. The molecule has 1 amide bonds. The van der Waals surface area contributed by atoms with Crippen LogP contribution in [0.25, 0.3) is 0 Å². The molecule has 6 nitrogen and oxygen atoms in total. The Morgan fingerprint density at radius 2 is 2.06 bits per heavy atom. The van der Waals surface area contributed by atoms with Crippen molar-refractivity contribution in [3.05, 3.63) is 0 Å². The quantitative estimate of drug-likeness (QED) is 0.556. The van der Waals surface area contributed by atoms with Crippen LogP contribution in [0.1, 0.15) is 19.3 Å². The molecule has 1 fully saturated rings. The number of aliphatic hydroxyl groups excluding tert-OH is 1. The van der Waals surface area contributed by atoms with Gasteiger partial charge in [0, 0.05) is 13.1 Å². The molecule has 0 bridgehead atoms. The van der Waals surface area contributed by atoms with Crippen molar-refractivity contribution < 1.29 is 19.7 Å². The number of hydrogen-bond donors (Lipinski definition) is 3. The highest BCUT2D eigenvalue weighted by Gasteiger charge is 2.14. The number of ether oxygens (including phenoxy) is 1. The number of likely N-dealkylation sites (tertiary alicyclic amines) is 1. The van der Waals surface area contributed by atoms with Crippen molar-refractivity contribution in [1.29, 1.82) is 0 Å². The molecule has 6 heteroatoms. The van der Waals surface area contributed by atoms with Gasteiger partial charge in [-0.15, -0.1) is 0 Å². The second-order valence-electron chi connectivity index (χ2n) is 4.32. The van der Waals surface area contributed by atoms with E-state index < -0.39 is 12.2 Å². The fraction of sp³-hybridized carbons (Fsp3) is 0.909. The van der Waals surface area contributed by atoms with Crippen LogP contribution in [0.4, 0.5) is 4.79 Å². The molecule has 1 heterocycles. The molecule has 100 valence electrons. The van der Waals surface area contributed by atoms with Crippen molar-refractivity contribution in [2.45, 2.75) is 25.4 Å². The highest BCUT2D eigenvalue weighted by Crippen LogP contribution is 2.08. The van der Waals surface area contributed by atoms with Gasteiger partial charge in [-0.3, -0.25) is 0 Å². The normalized spacial score (nSPS) is 18.9. The molecule has 1 aliphatic heterocycles. The van der Waals surface area contributed by atoms with Gasteiger partial charge < -0.3 is 25.2 Å². The first-order chi connectivity index (χ1) is 8.18. The van der Waals surface area contributed by atoms with E-state index in [0.29, 0.717) is 13.2 Å². The van der Waals surface area contributed by atoms with E-state index in [1.165, 1.54) is 19.3 Å². The molecular weight excluding hydrogens is 224 g/mol. The maximum atomic E-state index is 10.1. The third kappa shape index (κ3) is 7.14. The number of carbonyl (C=O) groups is 1. The third-order valence-corrected chi connectivity index (χ3v) is 2.75. The number of carboxylic acid groups (broad SMARTS) is 1. The van der Waals surface area contributed by atoms with E-state index in [4.69, 9.17) is 9.84 Å². The van der Waals surface area contributed by atoms with Crippen LogP contribution >= 0.6 is 0 Å². The van der Waals surface area contributed by atoms with Gasteiger partial charge >= 0.3 is 6.09 Å². The Hall–Kier alpha value is -0.850. The molecule has 0 aromatic rings. The number of rotatable bonds is 7. The molecule has 17 heavy (non-hydrogen) atoms. The summed E-state index contributed by atoms with van der Waals surface area (Å²) >= 11 is 0. The SMILES string of the molecule is O=C(O)NCCOCC(O)CN1CCCCC1. The lowest BCUT2D eigenvalue weighted by Crippen LogP contribution is -2.38. The molecule has 1 aliphatic rings. The zero-order valence-corrected chi connectivity index (χ0v) is 10.1. The minimum absolute atomic E-state index is 0.256. The fourth-order valence-corrected chi connectivity index (χ4v) is 1.94. The highest BCUT2D eigenvalue weighted by molar-refractivity contribution is 5.64. The molecule has 1 saturated heterocycles. The minimum atomic E-state index is -1.05. The summed E-state index contributed by atoms with van der Waals surface area (Å²) in [6, 6.07) is 0. The van der Waals surface area contributed by atoms with Gasteiger partial charge in [0.2, 0.25) is 0 Å². The fourth-order valence-electron chi connectivity index (χ4n) is 1.94. The molecular formula is C11H22N2O4. The zero-order valence-electron chi connectivity index (χ0n) is 10.1. The van der Waals surface area contributed by atoms with Gasteiger partial charge in [0.15, 0.2) is 0 Å². The Labute approximate surface area is 102 Å². The van der Waals surface area contributed by atoms with E-state index in [-0.39, 0.29) is 13.2 Å². The van der Waals surface area contributed by atoms with Crippen LogP contribution in [0.15, 0.2) is 0 Å².